The van der Waals surface area contributed by atoms with Crippen molar-refractivity contribution in [2.24, 2.45) is 0 Å². The lowest BCUT2D eigenvalue weighted by molar-refractivity contribution is -0.138. The van der Waals surface area contributed by atoms with Gasteiger partial charge in [-0.1, -0.05) is 19.1 Å². The van der Waals surface area contributed by atoms with Gasteiger partial charge in [0.2, 0.25) is 0 Å². The maximum Gasteiger partial charge on any atom is 0.416 e. The fraction of sp³-hybridized carbons (Fsp3) is 0.158. The average molecular weight is 426 g/mol. The van der Waals surface area contributed by atoms with E-state index >= 15 is 0 Å². The molecule has 0 bridgehead atoms. The molecule has 0 aliphatic rings. The smallest absolute Gasteiger partial charge is 0.416 e. The van der Waals surface area contributed by atoms with Crippen molar-refractivity contribution in [1.82, 2.24) is 0 Å². The van der Waals surface area contributed by atoms with Crippen molar-refractivity contribution in [3.63, 3.8) is 0 Å². The molecule has 1 atom stereocenters. The molecule has 30 heavy (non-hydrogen) atoms. The Morgan fingerprint density at radius 2 is 1.27 bits per heavy atom. The standard InChI is InChI=1S/C19H13F3O8/c1-7(8-3-2-4-9(15(23)24)13(8)17(27)28)12-11(19(20,21)22)6-5-10(16(25)26)14(12)18(29)30/h2-7H,1H3,(H,23,24)(H,25,26)(H,27,28)(H,29,30). The summed E-state index contributed by atoms with van der Waals surface area (Å²) in [5.74, 6) is -8.80. The summed E-state index contributed by atoms with van der Waals surface area (Å²) >= 11 is 0. The van der Waals surface area contributed by atoms with Crippen LogP contribution in [0.15, 0.2) is 30.3 Å². The molecule has 2 rings (SSSR count). The van der Waals surface area contributed by atoms with E-state index in [0.717, 1.165) is 25.1 Å². The van der Waals surface area contributed by atoms with E-state index < -0.39 is 74.9 Å². The van der Waals surface area contributed by atoms with Gasteiger partial charge in [0.25, 0.3) is 0 Å². The van der Waals surface area contributed by atoms with E-state index in [1.54, 1.807) is 0 Å². The zero-order valence-electron chi connectivity index (χ0n) is 15.0. The summed E-state index contributed by atoms with van der Waals surface area (Å²) in [6.45, 7) is 1.04. The van der Waals surface area contributed by atoms with Gasteiger partial charge in [-0.05, 0) is 29.3 Å². The summed E-state index contributed by atoms with van der Waals surface area (Å²) in [5, 5.41) is 37.4. The van der Waals surface area contributed by atoms with Crippen molar-refractivity contribution in [2.75, 3.05) is 0 Å². The van der Waals surface area contributed by atoms with Crippen LogP contribution in [0.3, 0.4) is 0 Å². The summed E-state index contributed by atoms with van der Waals surface area (Å²) in [4.78, 5) is 46.1. The largest absolute Gasteiger partial charge is 0.478 e. The molecule has 2 aromatic rings. The molecule has 8 nitrogen and oxygen atoms in total. The molecule has 2 aromatic carbocycles. The number of carboxylic acid groups (broad SMARTS) is 4. The number of rotatable bonds is 6. The minimum Gasteiger partial charge on any atom is -0.478 e. The van der Waals surface area contributed by atoms with Gasteiger partial charge in [0, 0.05) is 5.92 Å². The Morgan fingerprint density at radius 3 is 1.70 bits per heavy atom. The summed E-state index contributed by atoms with van der Waals surface area (Å²) in [7, 11) is 0. The molecule has 11 heteroatoms. The first-order chi connectivity index (χ1) is 13.8. The fourth-order valence-electron chi connectivity index (χ4n) is 3.23. The molecular weight excluding hydrogens is 413 g/mol. The Morgan fingerprint density at radius 1 is 0.767 bits per heavy atom. The second kappa shape index (κ2) is 7.85. The van der Waals surface area contributed by atoms with Crippen LogP contribution in [0.25, 0.3) is 0 Å². The first-order valence-corrected chi connectivity index (χ1v) is 8.09. The highest BCUT2D eigenvalue weighted by molar-refractivity contribution is 6.05. The molecule has 0 heterocycles. The third kappa shape index (κ3) is 3.95. The number of hydrogen-bond acceptors (Lipinski definition) is 4. The van der Waals surface area contributed by atoms with E-state index in [1.807, 2.05) is 0 Å². The van der Waals surface area contributed by atoms with Crippen LogP contribution in [0.1, 0.15) is 71.0 Å². The van der Waals surface area contributed by atoms with Gasteiger partial charge in [-0.15, -0.1) is 0 Å². The second-order valence-electron chi connectivity index (χ2n) is 6.16. The highest BCUT2D eigenvalue weighted by atomic mass is 19.4. The maximum atomic E-state index is 13.6. The van der Waals surface area contributed by atoms with E-state index in [-0.39, 0.29) is 0 Å². The van der Waals surface area contributed by atoms with Crippen LogP contribution in [0, 0.1) is 0 Å². The van der Waals surface area contributed by atoms with Gasteiger partial charge in [0.1, 0.15) is 0 Å². The zero-order valence-corrected chi connectivity index (χ0v) is 15.0. The SMILES string of the molecule is CC(c1cccc(C(=O)O)c1C(=O)O)c1c(C(F)(F)F)ccc(C(=O)O)c1C(=O)O. The van der Waals surface area contributed by atoms with Crippen molar-refractivity contribution in [2.45, 2.75) is 19.0 Å². The predicted molar refractivity (Wildman–Crippen MR) is 93.2 cm³/mol. The molecule has 158 valence electrons. The highest BCUT2D eigenvalue weighted by Crippen LogP contribution is 2.41. The summed E-state index contributed by atoms with van der Waals surface area (Å²) in [6.07, 6.45) is -5.10. The molecule has 0 radical (unpaired) electrons. The molecule has 0 saturated heterocycles. The van der Waals surface area contributed by atoms with E-state index in [1.165, 1.54) is 0 Å². The van der Waals surface area contributed by atoms with Crippen molar-refractivity contribution in [3.05, 3.63) is 69.3 Å². The van der Waals surface area contributed by atoms with Crippen LogP contribution < -0.4 is 0 Å². The van der Waals surface area contributed by atoms with Crippen LogP contribution >= 0.6 is 0 Å². The zero-order chi connectivity index (χ0) is 23.0. The normalized spacial score (nSPS) is 12.3. The number of benzene rings is 2. The molecule has 0 amide bonds. The van der Waals surface area contributed by atoms with Crippen LogP contribution in [0.5, 0.6) is 0 Å². The summed E-state index contributed by atoms with van der Waals surface area (Å²) in [5.41, 5.74) is -6.52. The number of carbonyl (C=O) groups is 4. The third-order valence-electron chi connectivity index (χ3n) is 4.44. The Labute approximate surface area is 165 Å². The molecule has 1 unspecified atom stereocenters. The highest BCUT2D eigenvalue weighted by Gasteiger charge is 2.39. The Kier molecular flexibility index (Phi) is 5.86. The molecule has 0 aliphatic carbocycles. The fourth-order valence-corrected chi connectivity index (χ4v) is 3.23. The van der Waals surface area contributed by atoms with Gasteiger partial charge in [0.15, 0.2) is 0 Å². The van der Waals surface area contributed by atoms with Crippen molar-refractivity contribution < 1.29 is 52.8 Å². The molecule has 0 spiro atoms. The molecular formula is C19H13F3O8. The van der Waals surface area contributed by atoms with Gasteiger partial charge in [-0.3, -0.25) is 0 Å². The minimum absolute atomic E-state index is 0.392. The quantitative estimate of drug-likeness (QED) is 0.547. The van der Waals surface area contributed by atoms with E-state index in [4.69, 9.17) is 0 Å². The number of hydrogen-bond donors (Lipinski definition) is 4. The van der Waals surface area contributed by atoms with E-state index in [2.05, 4.69) is 0 Å². The molecule has 4 N–H and O–H groups in total. The van der Waals surface area contributed by atoms with Gasteiger partial charge in [-0.25, -0.2) is 19.2 Å². The topological polar surface area (TPSA) is 149 Å². The first-order valence-electron chi connectivity index (χ1n) is 8.09. The molecule has 0 aromatic heterocycles. The summed E-state index contributed by atoms with van der Waals surface area (Å²) < 4.78 is 40.8. The Bertz CT molecular complexity index is 1070. The van der Waals surface area contributed by atoms with Gasteiger partial charge >= 0.3 is 30.1 Å². The lowest BCUT2D eigenvalue weighted by Crippen LogP contribution is -2.21. The lowest BCUT2D eigenvalue weighted by Gasteiger charge is -2.23. The third-order valence-corrected chi connectivity index (χ3v) is 4.44. The second-order valence-corrected chi connectivity index (χ2v) is 6.16. The molecule has 0 aliphatic heterocycles. The predicted octanol–water partition coefficient (Wildman–Crippen LogP) is 3.65. The minimum atomic E-state index is -5.10. The maximum absolute atomic E-state index is 13.6. The first kappa shape index (κ1) is 22.4. The van der Waals surface area contributed by atoms with Crippen LogP contribution in [0.2, 0.25) is 0 Å². The monoisotopic (exact) mass is 426 g/mol. The van der Waals surface area contributed by atoms with Crippen LogP contribution in [-0.2, 0) is 6.18 Å². The van der Waals surface area contributed by atoms with Crippen LogP contribution in [0.4, 0.5) is 13.2 Å². The molecule has 0 fully saturated rings. The molecule has 0 saturated carbocycles. The van der Waals surface area contributed by atoms with Gasteiger partial charge in [0.05, 0.1) is 27.8 Å². The average Bonchev–Trinajstić information content (AvgIpc) is 2.64. The van der Waals surface area contributed by atoms with Crippen molar-refractivity contribution in [1.29, 1.82) is 0 Å². The lowest BCUT2D eigenvalue weighted by atomic mass is 9.81. The van der Waals surface area contributed by atoms with E-state index in [0.29, 0.717) is 12.1 Å². The van der Waals surface area contributed by atoms with E-state index in [9.17, 15) is 52.8 Å². The van der Waals surface area contributed by atoms with Crippen LogP contribution in [-0.4, -0.2) is 44.3 Å². The number of halogens is 3. The number of carboxylic acids is 4. The summed E-state index contributed by atoms with van der Waals surface area (Å²) in [6, 6.07) is 3.95. The number of alkyl halides is 3. The van der Waals surface area contributed by atoms with Crippen molar-refractivity contribution >= 4 is 23.9 Å². The van der Waals surface area contributed by atoms with Gasteiger partial charge < -0.3 is 20.4 Å². The van der Waals surface area contributed by atoms with Crippen molar-refractivity contribution in [3.8, 4) is 0 Å². The Hall–Kier alpha value is -3.89. The number of aromatic carboxylic acids is 4. The van der Waals surface area contributed by atoms with Gasteiger partial charge in [-0.2, -0.15) is 13.2 Å². The Balaban J connectivity index is 3.00.